The summed E-state index contributed by atoms with van der Waals surface area (Å²) in [5.74, 6) is -1.05. The smallest absolute Gasteiger partial charge is 0.310 e. The van der Waals surface area contributed by atoms with Gasteiger partial charge in [0.25, 0.3) is 5.91 Å². The summed E-state index contributed by atoms with van der Waals surface area (Å²) < 4.78 is 6.75. The Morgan fingerprint density at radius 3 is 2.30 bits per heavy atom. The van der Waals surface area contributed by atoms with E-state index in [9.17, 15) is 14.4 Å². The van der Waals surface area contributed by atoms with Gasteiger partial charge in [-0.1, -0.05) is 42.5 Å². The fraction of sp³-hybridized carbons (Fsp3) is 0.208. The zero-order valence-electron chi connectivity index (χ0n) is 17.3. The minimum atomic E-state index is -0.455. The topological polar surface area (TPSA) is 77.4 Å². The number of nitrogens with one attached hydrogen (secondary N) is 1. The minimum absolute atomic E-state index is 0.117. The van der Waals surface area contributed by atoms with Crippen molar-refractivity contribution in [3.8, 4) is 0 Å². The Kier molecular flexibility index (Phi) is 6.47. The average Bonchev–Trinajstić information content (AvgIpc) is 3.02. The molecule has 1 amide bonds. The van der Waals surface area contributed by atoms with Gasteiger partial charge >= 0.3 is 5.97 Å². The predicted octanol–water partition coefficient (Wildman–Crippen LogP) is 3.77. The maximum absolute atomic E-state index is 12.6. The number of amides is 1. The predicted molar refractivity (Wildman–Crippen MR) is 114 cm³/mol. The van der Waals surface area contributed by atoms with Crippen LogP contribution in [0.2, 0.25) is 0 Å². The first-order valence-electron chi connectivity index (χ1n) is 9.65. The van der Waals surface area contributed by atoms with Gasteiger partial charge in [0, 0.05) is 22.5 Å². The Morgan fingerprint density at radius 1 is 0.933 bits per heavy atom. The van der Waals surface area contributed by atoms with Crippen LogP contribution in [0.15, 0.2) is 60.7 Å². The second kappa shape index (κ2) is 9.22. The minimum Gasteiger partial charge on any atom is -0.457 e. The van der Waals surface area contributed by atoms with Gasteiger partial charge < -0.3 is 4.74 Å². The molecular formula is C24H24N2O4. The van der Waals surface area contributed by atoms with Crippen molar-refractivity contribution in [2.45, 2.75) is 27.2 Å². The van der Waals surface area contributed by atoms with Crippen molar-refractivity contribution >= 4 is 17.7 Å². The van der Waals surface area contributed by atoms with Crippen LogP contribution in [0.25, 0.3) is 0 Å². The number of carbonyl (C=O) groups is 3. The highest BCUT2D eigenvalue weighted by Crippen LogP contribution is 2.15. The number of benzene rings is 2. The van der Waals surface area contributed by atoms with E-state index in [4.69, 9.17) is 4.74 Å². The third-order valence-electron chi connectivity index (χ3n) is 4.94. The Morgan fingerprint density at radius 2 is 1.60 bits per heavy atom. The molecule has 1 N–H and O–H groups in total. The number of nitrogens with zero attached hydrogens (tertiary/aromatic N) is 1. The third-order valence-corrected chi connectivity index (χ3v) is 4.94. The van der Waals surface area contributed by atoms with Crippen LogP contribution in [0.1, 0.15) is 43.2 Å². The molecule has 3 aromatic rings. The Balaban J connectivity index is 1.64. The van der Waals surface area contributed by atoms with Gasteiger partial charge in [0.2, 0.25) is 5.78 Å². The van der Waals surface area contributed by atoms with Crippen molar-refractivity contribution in [3.05, 3.63) is 94.3 Å². The summed E-state index contributed by atoms with van der Waals surface area (Å²) in [6.45, 7) is 5.11. The van der Waals surface area contributed by atoms with Crippen molar-refractivity contribution in [2.75, 3.05) is 12.0 Å². The lowest BCUT2D eigenvalue weighted by Crippen LogP contribution is -2.25. The number of hydrogen-bond donors (Lipinski definition) is 1. The summed E-state index contributed by atoms with van der Waals surface area (Å²) in [5, 5.41) is 0. The van der Waals surface area contributed by atoms with E-state index in [0.717, 1.165) is 11.1 Å². The van der Waals surface area contributed by atoms with E-state index in [0.29, 0.717) is 22.5 Å². The van der Waals surface area contributed by atoms with Crippen molar-refractivity contribution in [1.29, 1.82) is 0 Å². The van der Waals surface area contributed by atoms with Gasteiger partial charge in [0.15, 0.2) is 6.61 Å². The maximum Gasteiger partial charge on any atom is 0.310 e. The van der Waals surface area contributed by atoms with Crippen LogP contribution in [0.3, 0.4) is 0 Å². The van der Waals surface area contributed by atoms with Crippen molar-refractivity contribution in [3.63, 3.8) is 0 Å². The van der Waals surface area contributed by atoms with Crippen LogP contribution in [0.5, 0.6) is 0 Å². The van der Waals surface area contributed by atoms with E-state index in [-0.39, 0.29) is 24.7 Å². The fourth-order valence-electron chi connectivity index (χ4n) is 3.21. The first-order chi connectivity index (χ1) is 14.4. The van der Waals surface area contributed by atoms with Gasteiger partial charge in [-0.25, -0.2) is 0 Å². The number of ether oxygens (including phenoxy) is 1. The van der Waals surface area contributed by atoms with Gasteiger partial charge in [-0.15, -0.1) is 0 Å². The molecule has 0 aliphatic rings. The SMILES string of the molecule is Cc1ccccc1CC(=O)OCC(=O)c1cc(C)n(NC(=O)c2ccccc2)c1C. The number of esters is 1. The van der Waals surface area contributed by atoms with Gasteiger partial charge in [0.05, 0.1) is 6.42 Å². The van der Waals surface area contributed by atoms with Crippen molar-refractivity contribution in [2.24, 2.45) is 0 Å². The maximum atomic E-state index is 12.6. The summed E-state index contributed by atoms with van der Waals surface area (Å²) in [5.41, 5.74) is 6.87. The second-order valence-corrected chi connectivity index (χ2v) is 7.11. The number of rotatable bonds is 7. The molecule has 0 saturated carbocycles. The number of hydrogen-bond acceptors (Lipinski definition) is 4. The molecule has 6 heteroatoms. The van der Waals surface area contributed by atoms with Crippen LogP contribution in [0, 0.1) is 20.8 Å². The molecule has 0 radical (unpaired) electrons. The molecule has 1 heterocycles. The molecule has 6 nitrogen and oxygen atoms in total. The van der Waals surface area contributed by atoms with Gasteiger partial charge in [-0.2, -0.15) is 0 Å². The van der Waals surface area contributed by atoms with Crippen LogP contribution in [-0.2, 0) is 16.0 Å². The lowest BCUT2D eigenvalue weighted by atomic mass is 10.1. The molecule has 0 fully saturated rings. The first kappa shape index (κ1) is 21.0. The normalized spacial score (nSPS) is 10.5. The van der Waals surface area contributed by atoms with Gasteiger partial charge in [0.1, 0.15) is 0 Å². The third kappa shape index (κ3) is 4.84. The molecule has 1 aromatic heterocycles. The Labute approximate surface area is 175 Å². The van der Waals surface area contributed by atoms with E-state index < -0.39 is 5.97 Å². The van der Waals surface area contributed by atoms with Crippen LogP contribution < -0.4 is 5.43 Å². The quantitative estimate of drug-likeness (QED) is 0.480. The van der Waals surface area contributed by atoms with Crippen LogP contribution in [0.4, 0.5) is 0 Å². The molecule has 0 aliphatic carbocycles. The van der Waals surface area contributed by atoms with Gasteiger partial charge in [-0.05, 0) is 50.1 Å². The van der Waals surface area contributed by atoms with E-state index in [2.05, 4.69) is 5.43 Å². The largest absolute Gasteiger partial charge is 0.457 e. The molecule has 0 bridgehead atoms. The lowest BCUT2D eigenvalue weighted by Gasteiger charge is -2.12. The molecule has 0 spiro atoms. The highest BCUT2D eigenvalue weighted by atomic mass is 16.5. The highest BCUT2D eigenvalue weighted by molar-refractivity contribution is 6.01. The van der Waals surface area contributed by atoms with Crippen LogP contribution >= 0.6 is 0 Å². The molecule has 0 saturated heterocycles. The summed E-state index contributed by atoms with van der Waals surface area (Å²) in [4.78, 5) is 37.2. The van der Waals surface area contributed by atoms with E-state index >= 15 is 0 Å². The van der Waals surface area contributed by atoms with Gasteiger partial charge in [-0.3, -0.25) is 24.5 Å². The molecule has 154 valence electrons. The Bertz CT molecular complexity index is 1080. The van der Waals surface area contributed by atoms with E-state index in [1.54, 1.807) is 48.9 Å². The molecule has 30 heavy (non-hydrogen) atoms. The molecule has 0 aliphatic heterocycles. The van der Waals surface area contributed by atoms with Crippen molar-refractivity contribution < 1.29 is 19.1 Å². The average molecular weight is 404 g/mol. The van der Waals surface area contributed by atoms with E-state index in [1.165, 1.54) is 0 Å². The number of carbonyl (C=O) groups excluding carboxylic acids is 3. The summed E-state index contributed by atoms with van der Waals surface area (Å²) in [6.07, 6.45) is 0.117. The molecular weight excluding hydrogens is 380 g/mol. The summed E-state index contributed by atoms with van der Waals surface area (Å²) in [7, 11) is 0. The Hall–Kier alpha value is -3.67. The standard InChI is InChI=1S/C24H24N2O4/c1-16-9-7-8-12-20(16)14-23(28)30-15-22(27)21-13-17(2)26(18(21)3)25-24(29)19-10-5-4-6-11-19/h4-13H,14-15H2,1-3H3,(H,25,29). The number of ketones is 1. The molecule has 0 atom stereocenters. The zero-order chi connectivity index (χ0) is 21.7. The molecule has 2 aromatic carbocycles. The summed E-state index contributed by atoms with van der Waals surface area (Å²) >= 11 is 0. The molecule has 3 rings (SSSR count). The zero-order valence-corrected chi connectivity index (χ0v) is 17.3. The lowest BCUT2D eigenvalue weighted by molar-refractivity contribution is -0.141. The number of aromatic nitrogens is 1. The number of Topliss-reactive ketones (excluding diaryl/α,β-unsaturated/α-hetero) is 1. The highest BCUT2D eigenvalue weighted by Gasteiger charge is 2.19. The monoisotopic (exact) mass is 404 g/mol. The first-order valence-corrected chi connectivity index (χ1v) is 9.65. The number of aryl methyl sites for hydroxylation is 2. The van der Waals surface area contributed by atoms with Crippen LogP contribution in [-0.4, -0.2) is 28.9 Å². The molecule has 0 unspecified atom stereocenters. The van der Waals surface area contributed by atoms with E-state index in [1.807, 2.05) is 37.3 Å². The summed E-state index contributed by atoms with van der Waals surface area (Å²) in [6, 6.07) is 18.0. The second-order valence-electron chi connectivity index (χ2n) is 7.11. The van der Waals surface area contributed by atoms with Crippen molar-refractivity contribution in [1.82, 2.24) is 4.68 Å². The fourth-order valence-corrected chi connectivity index (χ4v) is 3.21.